The number of alkyl halides is 1. The monoisotopic (exact) mass is 266 g/mol. The average molecular weight is 267 g/mol. The number of hydrogen-bond acceptors (Lipinski definition) is 0. The minimum atomic E-state index is -0.188. The van der Waals surface area contributed by atoms with Gasteiger partial charge in [0.15, 0.2) is 0 Å². The van der Waals surface area contributed by atoms with Crippen molar-refractivity contribution in [2.24, 2.45) is 0 Å². The molecule has 1 aromatic carbocycles. The molecule has 0 aromatic heterocycles. The number of hydrogen-bond donors (Lipinski definition) is 0. The first kappa shape index (κ1) is 13.2. The summed E-state index contributed by atoms with van der Waals surface area (Å²) >= 11 is 6.74. The van der Waals surface area contributed by atoms with Crippen molar-refractivity contribution in [3.05, 3.63) is 29.3 Å². The van der Waals surface area contributed by atoms with Crippen LogP contribution in [0.25, 0.3) is 0 Å². The molecule has 0 spiro atoms. The van der Waals surface area contributed by atoms with Crippen LogP contribution in [0.1, 0.15) is 43.2 Å². The Balaban J connectivity index is 1.96. The van der Waals surface area contributed by atoms with Gasteiger partial charge in [0.05, 0.1) is 9.52 Å². The van der Waals surface area contributed by atoms with Gasteiger partial charge in [-0.25, -0.2) is 0 Å². The molecule has 0 bridgehead atoms. The quantitative estimate of drug-likeness (QED) is 0.581. The fourth-order valence-electron chi connectivity index (χ4n) is 3.02. The Bertz CT molecular complexity index is 360. The Kier molecular flexibility index (Phi) is 4.32. The minimum Gasteiger partial charge on any atom is -0.120 e. The third-order valence-corrected chi connectivity index (χ3v) is 6.97. The molecule has 2 heteroatoms. The highest BCUT2D eigenvalue weighted by Crippen LogP contribution is 2.37. The van der Waals surface area contributed by atoms with Gasteiger partial charge < -0.3 is 0 Å². The van der Waals surface area contributed by atoms with Crippen LogP contribution in [0.15, 0.2) is 18.2 Å². The number of halogens is 1. The molecule has 0 amide bonds. The van der Waals surface area contributed by atoms with E-state index in [1.165, 1.54) is 49.3 Å². The van der Waals surface area contributed by atoms with Gasteiger partial charge in [0.2, 0.25) is 0 Å². The molecule has 0 aliphatic heterocycles. The lowest BCUT2D eigenvalue weighted by Crippen LogP contribution is -2.30. The summed E-state index contributed by atoms with van der Waals surface area (Å²) in [7, 11) is -0.188. The summed E-state index contributed by atoms with van der Waals surface area (Å²) in [6, 6.07) is 8.26. The zero-order chi connectivity index (χ0) is 12.3. The van der Waals surface area contributed by atoms with Gasteiger partial charge in [-0.05, 0) is 32.7 Å². The van der Waals surface area contributed by atoms with Gasteiger partial charge in [-0.15, -0.1) is 11.6 Å². The van der Waals surface area contributed by atoms with Crippen LogP contribution in [0, 0.1) is 13.8 Å². The molecule has 1 aliphatic rings. The topological polar surface area (TPSA) is 0 Å². The van der Waals surface area contributed by atoms with E-state index in [-0.39, 0.29) is 14.4 Å². The average Bonchev–Trinajstić information content (AvgIpc) is 2.26. The molecular formula is C15H23ClSi. The summed E-state index contributed by atoms with van der Waals surface area (Å²) in [6.45, 7) is 4.39. The molecule has 0 heterocycles. The predicted octanol–water partition coefficient (Wildman–Crippen LogP) is 3.46. The number of aryl methyl sites for hydroxylation is 2. The molecule has 2 rings (SSSR count). The summed E-state index contributed by atoms with van der Waals surface area (Å²) in [5, 5.41) is 1.59. The van der Waals surface area contributed by atoms with E-state index in [9.17, 15) is 0 Å². The summed E-state index contributed by atoms with van der Waals surface area (Å²) in [5.41, 5.74) is 2.81. The van der Waals surface area contributed by atoms with Crippen LogP contribution >= 0.6 is 11.6 Å². The third-order valence-electron chi connectivity index (χ3n) is 3.89. The van der Waals surface area contributed by atoms with Crippen LogP contribution in [-0.2, 0) is 0 Å². The van der Waals surface area contributed by atoms with Crippen LogP contribution in [0.5, 0.6) is 0 Å². The Morgan fingerprint density at radius 2 is 1.65 bits per heavy atom. The van der Waals surface area contributed by atoms with Crippen molar-refractivity contribution >= 4 is 26.3 Å². The van der Waals surface area contributed by atoms with Crippen molar-refractivity contribution in [3.63, 3.8) is 0 Å². The van der Waals surface area contributed by atoms with Gasteiger partial charge in [0, 0.05) is 4.87 Å². The molecule has 0 radical (unpaired) electrons. The molecular weight excluding hydrogens is 244 g/mol. The highest BCUT2D eigenvalue weighted by atomic mass is 35.5. The third kappa shape index (κ3) is 3.85. The molecule has 1 saturated carbocycles. The summed E-state index contributed by atoms with van der Waals surface area (Å²) in [6.07, 6.45) is 6.55. The summed E-state index contributed by atoms with van der Waals surface area (Å²) in [4.78, 5) is 0.155. The summed E-state index contributed by atoms with van der Waals surface area (Å²) in [5.74, 6) is 0. The molecule has 0 unspecified atom stereocenters. The van der Waals surface area contributed by atoms with E-state index in [2.05, 4.69) is 32.0 Å². The zero-order valence-electron chi connectivity index (χ0n) is 11.1. The second-order valence-electron chi connectivity index (χ2n) is 5.71. The lowest BCUT2D eigenvalue weighted by atomic mass is 9.90. The van der Waals surface area contributed by atoms with Crippen molar-refractivity contribution in [2.75, 3.05) is 0 Å². The van der Waals surface area contributed by atoms with E-state index in [0.29, 0.717) is 0 Å². The maximum Gasteiger partial charge on any atom is 0.0565 e. The second-order valence-corrected chi connectivity index (χ2v) is 8.33. The Morgan fingerprint density at radius 1 is 1.06 bits per heavy atom. The predicted molar refractivity (Wildman–Crippen MR) is 80.6 cm³/mol. The SMILES string of the molecule is Cc1cc(C)cc([SiH2]CC2(Cl)CCCCC2)c1. The van der Waals surface area contributed by atoms with Crippen LogP contribution in [0.3, 0.4) is 0 Å². The molecule has 0 nitrogen and oxygen atoms in total. The minimum absolute atomic E-state index is 0.155. The molecule has 1 aliphatic carbocycles. The molecule has 94 valence electrons. The first-order chi connectivity index (χ1) is 8.07. The molecule has 0 N–H and O–H groups in total. The van der Waals surface area contributed by atoms with Crippen LogP contribution < -0.4 is 5.19 Å². The highest BCUT2D eigenvalue weighted by Gasteiger charge is 2.28. The first-order valence-corrected chi connectivity index (χ1v) is 8.92. The number of rotatable bonds is 3. The van der Waals surface area contributed by atoms with E-state index < -0.39 is 0 Å². The largest absolute Gasteiger partial charge is 0.120 e. The van der Waals surface area contributed by atoms with Gasteiger partial charge >= 0.3 is 0 Å². The van der Waals surface area contributed by atoms with Crippen molar-refractivity contribution in [3.8, 4) is 0 Å². The highest BCUT2D eigenvalue weighted by molar-refractivity contribution is 6.55. The van der Waals surface area contributed by atoms with Gasteiger partial charge in [-0.1, -0.05) is 53.8 Å². The zero-order valence-corrected chi connectivity index (χ0v) is 13.2. The van der Waals surface area contributed by atoms with E-state index >= 15 is 0 Å². The van der Waals surface area contributed by atoms with Crippen LogP contribution in [0.4, 0.5) is 0 Å². The van der Waals surface area contributed by atoms with Crippen molar-refractivity contribution in [1.29, 1.82) is 0 Å². The first-order valence-electron chi connectivity index (χ1n) is 6.84. The van der Waals surface area contributed by atoms with Gasteiger partial charge in [-0.3, -0.25) is 0 Å². The Labute approximate surface area is 113 Å². The smallest absolute Gasteiger partial charge is 0.0565 e. The van der Waals surface area contributed by atoms with Crippen LogP contribution in [0.2, 0.25) is 6.04 Å². The normalized spacial score (nSPS) is 19.9. The van der Waals surface area contributed by atoms with Crippen molar-refractivity contribution < 1.29 is 0 Å². The molecule has 0 atom stereocenters. The maximum absolute atomic E-state index is 6.74. The van der Waals surface area contributed by atoms with E-state index in [0.717, 1.165) is 0 Å². The second kappa shape index (κ2) is 5.58. The maximum atomic E-state index is 6.74. The fraction of sp³-hybridized carbons (Fsp3) is 0.600. The molecule has 0 saturated heterocycles. The van der Waals surface area contributed by atoms with E-state index in [1.807, 2.05) is 0 Å². The standard InChI is InChI=1S/C15H23ClSi/c1-12-8-13(2)10-14(9-12)17-11-15(16)6-4-3-5-7-15/h8-10H,3-7,11,17H2,1-2H3. The van der Waals surface area contributed by atoms with Crippen LogP contribution in [-0.4, -0.2) is 14.4 Å². The van der Waals surface area contributed by atoms with E-state index in [1.54, 1.807) is 5.19 Å². The van der Waals surface area contributed by atoms with Crippen molar-refractivity contribution in [2.45, 2.75) is 56.9 Å². The lowest BCUT2D eigenvalue weighted by molar-refractivity contribution is 0.414. The molecule has 1 aromatic rings. The van der Waals surface area contributed by atoms with Gasteiger partial charge in [0.25, 0.3) is 0 Å². The summed E-state index contributed by atoms with van der Waals surface area (Å²) < 4.78 is 0. The molecule has 17 heavy (non-hydrogen) atoms. The Morgan fingerprint density at radius 3 is 2.24 bits per heavy atom. The van der Waals surface area contributed by atoms with Crippen molar-refractivity contribution in [1.82, 2.24) is 0 Å². The van der Waals surface area contributed by atoms with Gasteiger partial charge in [-0.2, -0.15) is 0 Å². The Hall–Kier alpha value is -0.273. The van der Waals surface area contributed by atoms with E-state index in [4.69, 9.17) is 11.6 Å². The lowest BCUT2D eigenvalue weighted by Gasteiger charge is -2.31. The number of benzene rings is 1. The molecule has 1 fully saturated rings. The fourth-order valence-corrected chi connectivity index (χ4v) is 5.74. The van der Waals surface area contributed by atoms with Gasteiger partial charge in [0.1, 0.15) is 0 Å².